The molecule has 5 N–H and O–H groups in total. The van der Waals surface area contributed by atoms with E-state index in [0.29, 0.717) is 17.8 Å². The van der Waals surface area contributed by atoms with Crippen molar-refractivity contribution in [2.75, 3.05) is 5.73 Å². The van der Waals surface area contributed by atoms with Gasteiger partial charge in [0.2, 0.25) is 0 Å². The molecular weight excluding hydrogens is 324 g/mol. The number of aromatic nitrogens is 3. The summed E-state index contributed by atoms with van der Waals surface area (Å²) in [5.41, 5.74) is 15.5. The second kappa shape index (κ2) is 6.63. The van der Waals surface area contributed by atoms with Crippen LogP contribution in [0.15, 0.2) is 49.1 Å². The Morgan fingerprint density at radius 3 is 2.92 bits per heavy atom. The van der Waals surface area contributed by atoms with Gasteiger partial charge in [-0.05, 0) is 42.4 Å². The average Bonchev–Trinajstić information content (AvgIpc) is 3.30. The van der Waals surface area contributed by atoms with Crippen molar-refractivity contribution in [1.29, 1.82) is 5.41 Å². The minimum atomic E-state index is 0.405. The normalized spacial score (nSPS) is 20.5. The van der Waals surface area contributed by atoms with Gasteiger partial charge in [-0.25, -0.2) is 9.97 Å². The van der Waals surface area contributed by atoms with E-state index in [1.807, 2.05) is 18.2 Å². The third kappa shape index (κ3) is 2.73. The molecule has 132 valence electrons. The van der Waals surface area contributed by atoms with Crippen LogP contribution in [0.25, 0.3) is 16.6 Å². The molecule has 3 aromatic rings. The molecule has 2 unspecified atom stereocenters. The van der Waals surface area contributed by atoms with Crippen molar-refractivity contribution in [3.63, 3.8) is 0 Å². The van der Waals surface area contributed by atoms with E-state index in [1.165, 1.54) is 24.3 Å². The Hall–Kier alpha value is -3.15. The first-order valence-electron chi connectivity index (χ1n) is 8.81. The maximum Gasteiger partial charge on any atom is 0.145 e. The van der Waals surface area contributed by atoms with Crippen LogP contribution in [0.4, 0.5) is 5.82 Å². The van der Waals surface area contributed by atoms with Crippen LogP contribution in [0.2, 0.25) is 0 Å². The minimum Gasteiger partial charge on any atom is -0.404 e. The lowest BCUT2D eigenvalue weighted by Crippen LogP contribution is -2.05. The Balaban J connectivity index is 1.60. The second-order valence-corrected chi connectivity index (χ2v) is 6.77. The summed E-state index contributed by atoms with van der Waals surface area (Å²) in [4.78, 5) is 8.50. The first-order chi connectivity index (χ1) is 12.7. The highest BCUT2D eigenvalue weighted by Gasteiger charge is 2.28. The number of benzene rings is 1. The number of nitrogens with two attached hydrogens (primary N) is 2. The number of hydrogen-bond acceptors (Lipinski definition) is 5. The van der Waals surface area contributed by atoms with Crippen LogP contribution in [0.5, 0.6) is 0 Å². The van der Waals surface area contributed by atoms with Gasteiger partial charge in [-0.15, -0.1) is 0 Å². The van der Waals surface area contributed by atoms with Gasteiger partial charge in [0.15, 0.2) is 0 Å². The van der Waals surface area contributed by atoms with Gasteiger partial charge in [0.1, 0.15) is 17.8 Å². The highest BCUT2D eigenvalue weighted by atomic mass is 15.1. The number of rotatable bonds is 4. The first-order valence-corrected chi connectivity index (χ1v) is 8.81. The highest BCUT2D eigenvalue weighted by Crippen LogP contribution is 2.42. The molecule has 0 spiro atoms. The number of nitrogens with one attached hydrogen (secondary N) is 1. The Labute approximate surface area is 152 Å². The Kier molecular flexibility index (Phi) is 4.16. The standard InChI is InChI=1S/C20H22N6/c21-10-16(11-22)14-3-1-2-13(8-14)15-4-5-17(9-15)26-7-6-18-19(23)24-12-25-20(18)26/h1-3,6-8,10-12,15,17,21H,4-5,9,22H2,(H2,23,24,25)/b16-11+,21-10?. The second-order valence-electron chi connectivity index (χ2n) is 6.77. The number of anilines is 1. The van der Waals surface area contributed by atoms with Gasteiger partial charge < -0.3 is 21.4 Å². The summed E-state index contributed by atoms with van der Waals surface area (Å²) >= 11 is 0. The van der Waals surface area contributed by atoms with Gasteiger partial charge in [-0.3, -0.25) is 0 Å². The molecule has 1 saturated carbocycles. The van der Waals surface area contributed by atoms with Gasteiger partial charge >= 0.3 is 0 Å². The smallest absolute Gasteiger partial charge is 0.145 e. The van der Waals surface area contributed by atoms with E-state index in [2.05, 4.69) is 32.9 Å². The highest BCUT2D eigenvalue weighted by molar-refractivity contribution is 6.08. The lowest BCUT2D eigenvalue weighted by atomic mass is 9.94. The first kappa shape index (κ1) is 16.3. The molecule has 1 aromatic carbocycles. The van der Waals surface area contributed by atoms with Crippen LogP contribution in [0.1, 0.15) is 42.3 Å². The maximum absolute atomic E-state index is 7.50. The average molecular weight is 346 g/mol. The van der Waals surface area contributed by atoms with E-state index in [-0.39, 0.29) is 0 Å². The molecule has 6 heteroatoms. The molecule has 1 aliphatic carbocycles. The van der Waals surface area contributed by atoms with Crippen LogP contribution in [0.3, 0.4) is 0 Å². The van der Waals surface area contributed by atoms with Gasteiger partial charge in [-0.1, -0.05) is 24.3 Å². The molecule has 1 fully saturated rings. The van der Waals surface area contributed by atoms with Crippen molar-refractivity contribution in [2.45, 2.75) is 31.2 Å². The molecule has 2 atom stereocenters. The van der Waals surface area contributed by atoms with Crippen LogP contribution in [0, 0.1) is 5.41 Å². The molecular formula is C20H22N6. The van der Waals surface area contributed by atoms with Crippen LogP contribution >= 0.6 is 0 Å². The van der Waals surface area contributed by atoms with Gasteiger partial charge in [-0.2, -0.15) is 0 Å². The molecule has 0 bridgehead atoms. The van der Waals surface area contributed by atoms with Crippen molar-refractivity contribution in [1.82, 2.24) is 14.5 Å². The molecule has 0 saturated heterocycles. The lowest BCUT2D eigenvalue weighted by Gasteiger charge is -2.15. The van der Waals surface area contributed by atoms with Crippen LogP contribution in [-0.2, 0) is 0 Å². The number of allylic oxidation sites excluding steroid dienone is 1. The largest absolute Gasteiger partial charge is 0.404 e. The summed E-state index contributed by atoms with van der Waals surface area (Å²) in [6, 6.07) is 10.8. The lowest BCUT2D eigenvalue weighted by molar-refractivity contribution is 0.523. The minimum absolute atomic E-state index is 0.405. The zero-order chi connectivity index (χ0) is 18.1. The number of hydrogen-bond donors (Lipinski definition) is 3. The molecule has 2 aromatic heterocycles. The number of fused-ring (bicyclic) bond motifs is 1. The summed E-state index contributed by atoms with van der Waals surface area (Å²) in [6.45, 7) is 0. The fraction of sp³-hybridized carbons (Fsp3) is 0.250. The zero-order valence-electron chi connectivity index (χ0n) is 14.5. The quantitative estimate of drug-likeness (QED) is 0.629. The van der Waals surface area contributed by atoms with E-state index in [4.69, 9.17) is 16.9 Å². The summed E-state index contributed by atoms with van der Waals surface area (Å²) in [7, 11) is 0. The fourth-order valence-corrected chi connectivity index (χ4v) is 4.00. The SMILES string of the molecule is N=C/C(=C\N)c1cccc(C2CCC(n3ccc4c(N)ncnc43)C2)c1. The summed E-state index contributed by atoms with van der Waals surface area (Å²) < 4.78 is 2.24. The van der Waals surface area contributed by atoms with Crippen molar-refractivity contribution < 1.29 is 0 Å². The molecule has 4 rings (SSSR count). The molecule has 2 heterocycles. The maximum atomic E-state index is 7.50. The molecule has 1 aliphatic rings. The summed E-state index contributed by atoms with van der Waals surface area (Å²) in [5.74, 6) is 1.02. The zero-order valence-corrected chi connectivity index (χ0v) is 14.5. The third-order valence-corrected chi connectivity index (χ3v) is 5.36. The van der Waals surface area contributed by atoms with E-state index in [9.17, 15) is 0 Å². The van der Waals surface area contributed by atoms with Gasteiger partial charge in [0, 0.05) is 30.2 Å². The molecule has 0 amide bonds. The van der Waals surface area contributed by atoms with Crippen LogP contribution < -0.4 is 11.5 Å². The van der Waals surface area contributed by atoms with Crippen molar-refractivity contribution >= 4 is 28.6 Å². The molecule has 0 radical (unpaired) electrons. The Morgan fingerprint density at radius 1 is 1.23 bits per heavy atom. The van der Waals surface area contributed by atoms with Crippen molar-refractivity contribution in [2.24, 2.45) is 5.73 Å². The van der Waals surface area contributed by atoms with Crippen LogP contribution in [-0.4, -0.2) is 20.7 Å². The number of nitrogens with zero attached hydrogens (tertiary/aromatic N) is 3. The fourth-order valence-electron chi connectivity index (χ4n) is 4.00. The topological polar surface area (TPSA) is 107 Å². The Bertz CT molecular complexity index is 987. The number of nitrogen functional groups attached to an aromatic ring is 1. The summed E-state index contributed by atoms with van der Waals surface area (Å²) in [6.07, 6.45) is 9.68. The van der Waals surface area contributed by atoms with E-state index < -0.39 is 0 Å². The van der Waals surface area contributed by atoms with Crippen molar-refractivity contribution in [3.8, 4) is 0 Å². The molecule has 6 nitrogen and oxygen atoms in total. The molecule has 26 heavy (non-hydrogen) atoms. The van der Waals surface area contributed by atoms with Gasteiger partial charge in [0.25, 0.3) is 0 Å². The van der Waals surface area contributed by atoms with Crippen molar-refractivity contribution in [3.05, 3.63) is 60.2 Å². The van der Waals surface area contributed by atoms with E-state index in [1.54, 1.807) is 0 Å². The monoisotopic (exact) mass is 346 g/mol. The summed E-state index contributed by atoms with van der Waals surface area (Å²) in [5, 5.41) is 8.42. The van der Waals surface area contributed by atoms with Gasteiger partial charge in [0.05, 0.1) is 5.39 Å². The Morgan fingerprint density at radius 2 is 2.12 bits per heavy atom. The molecule has 0 aliphatic heterocycles. The van der Waals surface area contributed by atoms with E-state index in [0.717, 1.165) is 41.4 Å². The predicted molar refractivity (Wildman–Crippen MR) is 105 cm³/mol. The third-order valence-electron chi connectivity index (χ3n) is 5.36. The predicted octanol–water partition coefficient (Wildman–Crippen LogP) is 3.47. The van der Waals surface area contributed by atoms with E-state index >= 15 is 0 Å².